The van der Waals surface area contributed by atoms with Gasteiger partial charge in [0.25, 0.3) is 5.91 Å². The number of benzene rings is 2. The summed E-state index contributed by atoms with van der Waals surface area (Å²) in [6, 6.07) is 16.9. The van der Waals surface area contributed by atoms with Crippen LogP contribution in [0.4, 0.5) is 5.69 Å². The summed E-state index contributed by atoms with van der Waals surface area (Å²) in [5.41, 5.74) is 5.45. The van der Waals surface area contributed by atoms with E-state index in [1.165, 1.54) is 7.11 Å². The number of carbonyl (C=O) groups excluding carboxylic acids is 2. The van der Waals surface area contributed by atoms with Crippen molar-refractivity contribution in [3.05, 3.63) is 97.9 Å². The van der Waals surface area contributed by atoms with Crippen LogP contribution in [0.15, 0.2) is 75.9 Å². The highest BCUT2D eigenvalue weighted by Crippen LogP contribution is 2.36. The number of hydrogen-bond acceptors (Lipinski definition) is 3. The molecule has 2 heterocycles. The maximum atomic E-state index is 13.5. The van der Waals surface area contributed by atoms with Crippen molar-refractivity contribution in [2.24, 2.45) is 0 Å². The van der Waals surface area contributed by atoms with Gasteiger partial charge in [0.2, 0.25) is 0 Å². The van der Waals surface area contributed by atoms with Gasteiger partial charge < -0.3 is 9.30 Å². The number of nitrogens with zero attached hydrogens (tertiary/aromatic N) is 2. The predicted molar refractivity (Wildman–Crippen MR) is 135 cm³/mol. The summed E-state index contributed by atoms with van der Waals surface area (Å²) >= 11 is 9.61. The second-order valence-electron chi connectivity index (χ2n) is 7.77. The lowest BCUT2D eigenvalue weighted by Gasteiger charge is -2.18. The first-order chi connectivity index (χ1) is 15.7. The second-order valence-corrected chi connectivity index (χ2v) is 9.12. The van der Waals surface area contributed by atoms with Gasteiger partial charge in [-0.1, -0.05) is 33.6 Å². The van der Waals surface area contributed by atoms with Crippen LogP contribution in [0.2, 0.25) is 5.02 Å². The van der Waals surface area contributed by atoms with E-state index in [9.17, 15) is 9.59 Å². The van der Waals surface area contributed by atoms with Crippen molar-refractivity contribution in [3.8, 4) is 5.69 Å². The van der Waals surface area contributed by atoms with Crippen LogP contribution in [-0.4, -0.2) is 23.6 Å². The number of ether oxygens (including phenoxy) is 1. The van der Waals surface area contributed by atoms with Gasteiger partial charge in [-0.2, -0.15) is 0 Å². The quantitative estimate of drug-likeness (QED) is 0.293. The summed E-state index contributed by atoms with van der Waals surface area (Å²) in [7, 11) is 1.32. The Labute approximate surface area is 206 Å². The molecule has 168 valence electrons. The Balaban J connectivity index is 1.85. The molecule has 0 fully saturated rings. The number of hydrogen-bond donors (Lipinski definition) is 0. The third-order valence-corrected chi connectivity index (χ3v) is 6.47. The number of aryl methyl sites for hydroxylation is 1. The van der Waals surface area contributed by atoms with Crippen LogP contribution in [0.25, 0.3) is 11.8 Å². The standard InChI is InChI=1S/C26H22BrClN2O3/c1-15-12-18(16(2)29(15)22-7-5-6-20(28)14-22)13-23-24(26(32)33-4)17(3)30(25(23)31)21-10-8-19(27)9-11-21/h5-14H,1-4H3/b23-13-. The lowest BCUT2D eigenvalue weighted by Crippen LogP contribution is -2.24. The molecule has 5 nitrogen and oxygen atoms in total. The van der Waals surface area contributed by atoms with Crippen LogP contribution in [0, 0.1) is 13.8 Å². The molecule has 0 unspecified atom stereocenters. The van der Waals surface area contributed by atoms with Gasteiger partial charge in [-0.3, -0.25) is 9.69 Å². The van der Waals surface area contributed by atoms with Crippen LogP contribution in [-0.2, 0) is 14.3 Å². The van der Waals surface area contributed by atoms with E-state index in [0.717, 1.165) is 27.1 Å². The zero-order valence-corrected chi connectivity index (χ0v) is 21.0. The highest BCUT2D eigenvalue weighted by atomic mass is 79.9. The third kappa shape index (κ3) is 4.16. The number of carbonyl (C=O) groups is 2. The molecule has 1 amide bonds. The average molecular weight is 526 g/mol. The fourth-order valence-electron chi connectivity index (χ4n) is 4.18. The third-order valence-electron chi connectivity index (χ3n) is 5.71. The van der Waals surface area contributed by atoms with Gasteiger partial charge in [0, 0.05) is 38.0 Å². The van der Waals surface area contributed by atoms with Crippen molar-refractivity contribution in [1.29, 1.82) is 0 Å². The summed E-state index contributed by atoms with van der Waals surface area (Å²) < 4.78 is 7.99. The van der Waals surface area contributed by atoms with E-state index in [1.54, 1.807) is 17.9 Å². The van der Waals surface area contributed by atoms with Crippen molar-refractivity contribution in [2.75, 3.05) is 12.0 Å². The second kappa shape index (κ2) is 9.04. The fourth-order valence-corrected chi connectivity index (χ4v) is 4.63. The number of methoxy groups -OCH3 is 1. The topological polar surface area (TPSA) is 51.5 Å². The molecule has 0 N–H and O–H groups in total. The average Bonchev–Trinajstić information content (AvgIpc) is 3.20. The highest BCUT2D eigenvalue weighted by Gasteiger charge is 2.38. The molecule has 0 saturated carbocycles. The molecule has 0 aliphatic carbocycles. The van der Waals surface area contributed by atoms with E-state index in [1.807, 2.05) is 68.4 Å². The van der Waals surface area contributed by atoms with Gasteiger partial charge in [-0.25, -0.2) is 4.79 Å². The summed E-state index contributed by atoms with van der Waals surface area (Å²) in [4.78, 5) is 27.8. The maximum absolute atomic E-state index is 13.5. The van der Waals surface area contributed by atoms with Crippen LogP contribution in [0.3, 0.4) is 0 Å². The lowest BCUT2D eigenvalue weighted by molar-refractivity contribution is -0.136. The van der Waals surface area contributed by atoms with E-state index >= 15 is 0 Å². The molecular formula is C26H22BrClN2O3. The van der Waals surface area contributed by atoms with Crippen LogP contribution < -0.4 is 4.90 Å². The minimum absolute atomic E-state index is 0.262. The molecule has 2 aromatic carbocycles. The Morgan fingerprint density at radius 3 is 2.36 bits per heavy atom. The molecule has 1 aliphatic heterocycles. The van der Waals surface area contributed by atoms with Crippen molar-refractivity contribution >= 4 is 51.2 Å². The van der Waals surface area contributed by atoms with E-state index < -0.39 is 5.97 Å². The van der Waals surface area contributed by atoms with Crippen molar-refractivity contribution in [2.45, 2.75) is 20.8 Å². The number of aromatic nitrogens is 1. The van der Waals surface area contributed by atoms with Gasteiger partial charge in [0.1, 0.15) is 0 Å². The van der Waals surface area contributed by atoms with Gasteiger partial charge in [-0.05, 0) is 80.9 Å². The monoisotopic (exact) mass is 524 g/mol. The molecule has 0 atom stereocenters. The van der Waals surface area contributed by atoms with Crippen LogP contribution in [0.1, 0.15) is 23.9 Å². The molecule has 33 heavy (non-hydrogen) atoms. The normalized spacial score (nSPS) is 15.0. The Kier molecular flexibility index (Phi) is 6.32. The van der Waals surface area contributed by atoms with Crippen LogP contribution >= 0.6 is 27.5 Å². The Morgan fingerprint density at radius 1 is 1.03 bits per heavy atom. The fraction of sp³-hybridized carbons (Fsp3) is 0.154. The van der Waals surface area contributed by atoms with E-state index in [-0.39, 0.29) is 11.5 Å². The summed E-state index contributed by atoms with van der Waals surface area (Å²) in [5, 5.41) is 0.641. The number of anilines is 1. The minimum Gasteiger partial charge on any atom is -0.465 e. The summed E-state index contributed by atoms with van der Waals surface area (Å²) in [6.07, 6.45) is 1.76. The zero-order chi connectivity index (χ0) is 23.9. The number of allylic oxidation sites excluding steroid dienone is 1. The molecule has 7 heteroatoms. The molecular weight excluding hydrogens is 504 g/mol. The molecule has 0 spiro atoms. The summed E-state index contributed by atoms with van der Waals surface area (Å²) in [6.45, 7) is 5.71. The minimum atomic E-state index is -0.546. The van der Waals surface area contributed by atoms with Gasteiger partial charge in [0.05, 0.1) is 18.3 Å². The van der Waals surface area contributed by atoms with Gasteiger partial charge in [-0.15, -0.1) is 0 Å². The molecule has 4 rings (SSSR count). The molecule has 0 saturated heterocycles. The van der Waals surface area contributed by atoms with Crippen molar-refractivity contribution in [3.63, 3.8) is 0 Å². The summed E-state index contributed by atoms with van der Waals surface area (Å²) in [5.74, 6) is -0.821. The van der Waals surface area contributed by atoms with E-state index in [4.69, 9.17) is 16.3 Å². The first-order valence-electron chi connectivity index (χ1n) is 10.3. The Bertz CT molecular complexity index is 1340. The zero-order valence-electron chi connectivity index (χ0n) is 18.6. The van der Waals surface area contributed by atoms with E-state index in [0.29, 0.717) is 22.0 Å². The molecule has 0 radical (unpaired) electrons. The number of halogens is 2. The largest absolute Gasteiger partial charge is 0.465 e. The highest BCUT2D eigenvalue weighted by molar-refractivity contribution is 9.10. The van der Waals surface area contributed by atoms with E-state index in [2.05, 4.69) is 20.5 Å². The number of esters is 1. The number of amides is 1. The maximum Gasteiger partial charge on any atom is 0.340 e. The van der Waals surface area contributed by atoms with Crippen LogP contribution in [0.5, 0.6) is 0 Å². The smallest absolute Gasteiger partial charge is 0.340 e. The van der Waals surface area contributed by atoms with Crippen molar-refractivity contribution in [1.82, 2.24) is 4.57 Å². The molecule has 1 aliphatic rings. The Hall–Kier alpha value is -3.09. The number of rotatable bonds is 4. The molecule has 1 aromatic heterocycles. The van der Waals surface area contributed by atoms with Gasteiger partial charge in [0.15, 0.2) is 0 Å². The van der Waals surface area contributed by atoms with Crippen molar-refractivity contribution < 1.29 is 14.3 Å². The lowest BCUT2D eigenvalue weighted by atomic mass is 10.0. The SMILES string of the molecule is COC(=O)C1=C(C)N(c2ccc(Br)cc2)C(=O)/C1=C\c1cc(C)n(-c2cccc(Cl)c2)c1C. The molecule has 3 aromatic rings. The predicted octanol–water partition coefficient (Wildman–Crippen LogP) is 6.39. The molecule has 0 bridgehead atoms. The van der Waals surface area contributed by atoms with Gasteiger partial charge >= 0.3 is 5.97 Å². The first kappa shape index (κ1) is 23.1. The Morgan fingerprint density at radius 2 is 1.73 bits per heavy atom. The first-order valence-corrected chi connectivity index (χ1v) is 11.5.